The summed E-state index contributed by atoms with van der Waals surface area (Å²) in [7, 11) is 0. The molecule has 20 heavy (non-hydrogen) atoms. The number of carbonyl (C=O) groups excluding carboxylic acids is 1. The van der Waals surface area contributed by atoms with Crippen molar-refractivity contribution in [1.82, 2.24) is 10.2 Å². The molecule has 2 aliphatic rings. The number of halogens is 1. The molecule has 1 aromatic carbocycles. The first-order chi connectivity index (χ1) is 9.34. The molecule has 0 bridgehead atoms. The molecule has 5 heteroatoms. The van der Waals surface area contributed by atoms with Crippen molar-refractivity contribution in [2.75, 3.05) is 24.6 Å². The second-order valence-electron chi connectivity index (χ2n) is 5.20. The van der Waals surface area contributed by atoms with Crippen LogP contribution in [0.5, 0.6) is 0 Å². The summed E-state index contributed by atoms with van der Waals surface area (Å²) in [5.41, 5.74) is 2.65. The lowest BCUT2D eigenvalue weighted by molar-refractivity contribution is -0.133. The molecule has 0 spiro atoms. The minimum atomic E-state index is -0.0296. The molecule has 3 rings (SSSR count). The van der Waals surface area contributed by atoms with Gasteiger partial charge in [-0.1, -0.05) is 24.3 Å². The van der Waals surface area contributed by atoms with Crippen LogP contribution in [0.4, 0.5) is 0 Å². The van der Waals surface area contributed by atoms with Crippen molar-refractivity contribution in [3.8, 4) is 0 Å². The minimum Gasteiger partial charge on any atom is -0.340 e. The van der Waals surface area contributed by atoms with E-state index in [4.69, 9.17) is 0 Å². The van der Waals surface area contributed by atoms with Crippen LogP contribution >= 0.6 is 24.2 Å². The third-order valence-corrected chi connectivity index (χ3v) is 4.96. The van der Waals surface area contributed by atoms with E-state index < -0.39 is 0 Å². The summed E-state index contributed by atoms with van der Waals surface area (Å²) in [5, 5.41) is 3.39. The highest BCUT2D eigenvalue weighted by molar-refractivity contribution is 7.99. The van der Waals surface area contributed by atoms with Crippen LogP contribution in [0, 0.1) is 0 Å². The Morgan fingerprint density at radius 2 is 2.00 bits per heavy atom. The molecule has 1 unspecified atom stereocenters. The van der Waals surface area contributed by atoms with Crippen LogP contribution in [0.2, 0.25) is 0 Å². The predicted octanol–water partition coefficient (Wildman–Crippen LogP) is 2.09. The maximum atomic E-state index is 12.6. The van der Waals surface area contributed by atoms with Gasteiger partial charge in [-0.25, -0.2) is 0 Å². The molecule has 1 atom stereocenters. The number of fused-ring (bicyclic) bond motifs is 1. The van der Waals surface area contributed by atoms with Gasteiger partial charge in [-0.05, 0) is 29.7 Å². The molecular formula is C15H21ClN2OS. The maximum absolute atomic E-state index is 12.6. The first kappa shape index (κ1) is 15.7. The lowest BCUT2D eigenvalue weighted by Crippen LogP contribution is -2.50. The molecule has 0 radical (unpaired) electrons. The predicted molar refractivity (Wildman–Crippen MR) is 86.5 cm³/mol. The van der Waals surface area contributed by atoms with Gasteiger partial charge in [-0.15, -0.1) is 12.4 Å². The molecule has 1 N–H and O–H groups in total. The largest absolute Gasteiger partial charge is 0.340 e. The normalized spacial score (nSPS) is 22.4. The molecule has 0 aromatic heterocycles. The van der Waals surface area contributed by atoms with Crippen molar-refractivity contribution >= 4 is 30.1 Å². The smallest absolute Gasteiger partial charge is 0.240 e. The zero-order chi connectivity index (χ0) is 13.1. The summed E-state index contributed by atoms with van der Waals surface area (Å²) in [6.45, 7) is 2.64. The minimum absolute atomic E-state index is 0. The molecule has 1 saturated heterocycles. The van der Waals surface area contributed by atoms with Gasteiger partial charge in [0.25, 0.3) is 0 Å². The van der Waals surface area contributed by atoms with Crippen LogP contribution in [-0.4, -0.2) is 41.4 Å². The molecule has 0 aliphatic carbocycles. The van der Waals surface area contributed by atoms with Crippen LogP contribution in [0.3, 0.4) is 0 Å². The summed E-state index contributed by atoms with van der Waals surface area (Å²) < 4.78 is 0. The highest BCUT2D eigenvalue weighted by Gasteiger charge is 2.28. The number of amides is 1. The van der Waals surface area contributed by atoms with Gasteiger partial charge in [0.15, 0.2) is 0 Å². The molecule has 2 aliphatic heterocycles. The van der Waals surface area contributed by atoms with Crippen molar-refractivity contribution in [1.29, 1.82) is 0 Å². The molecule has 0 saturated carbocycles. The first-order valence-electron chi connectivity index (χ1n) is 7.01. The second kappa shape index (κ2) is 7.34. The Balaban J connectivity index is 0.00000147. The van der Waals surface area contributed by atoms with Gasteiger partial charge >= 0.3 is 0 Å². The van der Waals surface area contributed by atoms with Gasteiger partial charge in [0, 0.05) is 25.4 Å². The fraction of sp³-hybridized carbons (Fsp3) is 0.533. The Labute approximate surface area is 130 Å². The summed E-state index contributed by atoms with van der Waals surface area (Å²) in [6.07, 6.45) is 1.96. The van der Waals surface area contributed by atoms with Crippen LogP contribution in [0.15, 0.2) is 24.3 Å². The molecule has 1 fully saturated rings. The number of thioether (sulfide) groups is 1. The van der Waals surface area contributed by atoms with E-state index in [0.29, 0.717) is 0 Å². The number of rotatable bonds is 1. The van der Waals surface area contributed by atoms with E-state index in [1.165, 1.54) is 16.9 Å². The Hall–Kier alpha value is -0.710. The highest BCUT2D eigenvalue weighted by Crippen LogP contribution is 2.18. The second-order valence-corrected chi connectivity index (χ2v) is 6.42. The van der Waals surface area contributed by atoms with E-state index in [-0.39, 0.29) is 24.4 Å². The van der Waals surface area contributed by atoms with E-state index in [1.54, 1.807) is 0 Å². The fourth-order valence-corrected chi connectivity index (χ4v) is 3.70. The number of nitrogens with one attached hydrogen (secondary N) is 1. The van der Waals surface area contributed by atoms with E-state index >= 15 is 0 Å². The van der Waals surface area contributed by atoms with E-state index in [9.17, 15) is 4.79 Å². The number of hydrogen-bond donors (Lipinski definition) is 1. The monoisotopic (exact) mass is 312 g/mol. The summed E-state index contributed by atoms with van der Waals surface area (Å²) in [4.78, 5) is 14.6. The van der Waals surface area contributed by atoms with Gasteiger partial charge in [0.2, 0.25) is 5.91 Å². The Morgan fingerprint density at radius 3 is 2.85 bits per heavy atom. The van der Waals surface area contributed by atoms with Gasteiger partial charge < -0.3 is 10.2 Å². The summed E-state index contributed by atoms with van der Waals surface area (Å²) in [6, 6.07) is 8.39. The Kier molecular flexibility index (Phi) is 5.75. The van der Waals surface area contributed by atoms with E-state index in [0.717, 1.165) is 38.2 Å². The lowest BCUT2D eigenvalue weighted by Gasteiger charge is -2.30. The van der Waals surface area contributed by atoms with Crippen molar-refractivity contribution in [2.45, 2.75) is 25.4 Å². The molecule has 2 heterocycles. The number of carbonyl (C=O) groups is 1. The van der Waals surface area contributed by atoms with Crippen LogP contribution < -0.4 is 5.32 Å². The van der Waals surface area contributed by atoms with Crippen molar-refractivity contribution in [3.63, 3.8) is 0 Å². The molecule has 1 aromatic rings. The third kappa shape index (κ3) is 3.48. The van der Waals surface area contributed by atoms with Crippen LogP contribution in [-0.2, 0) is 17.8 Å². The SMILES string of the molecule is Cl.O=C(C1Cc2ccccc2CN1)N1CCCSCC1. The maximum Gasteiger partial charge on any atom is 0.240 e. The Bertz CT molecular complexity index is 461. The summed E-state index contributed by atoms with van der Waals surface area (Å²) >= 11 is 1.96. The van der Waals surface area contributed by atoms with Crippen LogP contribution in [0.25, 0.3) is 0 Å². The fourth-order valence-electron chi connectivity index (χ4n) is 2.82. The number of benzene rings is 1. The van der Waals surface area contributed by atoms with Crippen molar-refractivity contribution in [3.05, 3.63) is 35.4 Å². The van der Waals surface area contributed by atoms with Crippen LogP contribution in [0.1, 0.15) is 17.5 Å². The topological polar surface area (TPSA) is 32.3 Å². The van der Waals surface area contributed by atoms with E-state index in [1.807, 2.05) is 16.7 Å². The standard InChI is InChI=1S/C15H20N2OS.ClH/c18-15(17-6-3-8-19-9-7-17)14-10-12-4-1-2-5-13(12)11-16-14;/h1-2,4-5,14,16H,3,6-11H2;1H. The van der Waals surface area contributed by atoms with Gasteiger partial charge in [-0.2, -0.15) is 11.8 Å². The van der Waals surface area contributed by atoms with Crippen molar-refractivity contribution < 1.29 is 4.79 Å². The first-order valence-corrected chi connectivity index (χ1v) is 8.17. The Morgan fingerprint density at radius 1 is 1.20 bits per heavy atom. The van der Waals surface area contributed by atoms with Gasteiger partial charge in [0.1, 0.15) is 0 Å². The zero-order valence-electron chi connectivity index (χ0n) is 11.5. The molecule has 3 nitrogen and oxygen atoms in total. The quantitative estimate of drug-likeness (QED) is 0.862. The third-order valence-electron chi connectivity index (χ3n) is 3.91. The van der Waals surface area contributed by atoms with Gasteiger partial charge in [0.05, 0.1) is 6.04 Å². The lowest BCUT2D eigenvalue weighted by atomic mass is 9.95. The van der Waals surface area contributed by atoms with Crippen molar-refractivity contribution in [2.24, 2.45) is 0 Å². The zero-order valence-corrected chi connectivity index (χ0v) is 13.1. The van der Waals surface area contributed by atoms with E-state index in [2.05, 4.69) is 29.6 Å². The highest BCUT2D eigenvalue weighted by atomic mass is 35.5. The van der Waals surface area contributed by atoms with Gasteiger partial charge in [-0.3, -0.25) is 4.79 Å². The molecule has 1 amide bonds. The average Bonchev–Trinajstić information content (AvgIpc) is 2.75. The summed E-state index contributed by atoms with van der Waals surface area (Å²) in [5.74, 6) is 2.55. The number of nitrogens with zero attached hydrogens (tertiary/aromatic N) is 1. The number of hydrogen-bond acceptors (Lipinski definition) is 3. The molecular weight excluding hydrogens is 292 g/mol. The average molecular weight is 313 g/mol. The molecule has 110 valence electrons.